The molecule has 0 saturated heterocycles. The van der Waals surface area contributed by atoms with Gasteiger partial charge in [-0.15, -0.1) is 0 Å². The molecule has 1 atom stereocenters. The Morgan fingerprint density at radius 3 is 2.53 bits per heavy atom. The van der Waals surface area contributed by atoms with Gasteiger partial charge in [0, 0.05) is 25.7 Å². The summed E-state index contributed by atoms with van der Waals surface area (Å²) >= 11 is 0. The van der Waals surface area contributed by atoms with Crippen LogP contribution in [0.1, 0.15) is 19.8 Å². The number of nitrogens with zero attached hydrogens (tertiary/aromatic N) is 2. The van der Waals surface area contributed by atoms with Crippen LogP contribution in [0.3, 0.4) is 0 Å². The third-order valence-corrected chi connectivity index (χ3v) is 2.94. The lowest BCUT2D eigenvalue weighted by atomic mass is 10.1. The topological polar surface area (TPSA) is 39.1 Å². The van der Waals surface area contributed by atoms with Gasteiger partial charge in [-0.25, -0.2) is 0 Å². The number of hydrogen-bond acceptors (Lipinski definition) is 3. The summed E-state index contributed by atoms with van der Waals surface area (Å²) in [7, 11) is 0. The first-order valence-electron chi connectivity index (χ1n) is 5.90. The van der Waals surface area contributed by atoms with E-state index in [4.69, 9.17) is 5.26 Å². The fourth-order valence-electron chi connectivity index (χ4n) is 1.74. The van der Waals surface area contributed by atoms with Crippen LogP contribution in [0, 0.1) is 17.2 Å². The van der Waals surface area contributed by atoms with E-state index in [1.807, 2.05) is 6.92 Å². The molecule has 1 saturated carbocycles. The molecule has 1 rings (SSSR count). The van der Waals surface area contributed by atoms with Crippen molar-refractivity contribution in [2.45, 2.75) is 32.0 Å². The van der Waals surface area contributed by atoms with Crippen LogP contribution >= 0.6 is 0 Å². The highest BCUT2D eigenvalue weighted by atomic mass is 19.4. The molecule has 0 spiro atoms. The lowest BCUT2D eigenvalue weighted by molar-refractivity contribution is -0.157. The van der Waals surface area contributed by atoms with E-state index in [1.165, 1.54) is 18.9 Å². The highest BCUT2D eigenvalue weighted by Gasteiger charge is 2.39. The molecular weight excluding hydrogens is 231 g/mol. The van der Waals surface area contributed by atoms with Crippen molar-refractivity contribution in [1.29, 1.82) is 5.26 Å². The zero-order chi connectivity index (χ0) is 12.9. The second kappa shape index (κ2) is 6.22. The standard InChI is InChI=1S/C11H18F3N3/c1-2-17(10-3-4-10)6-5-16-8-9(7-15)11(12,13)14/h9-10,16H,2-6,8H2,1H3. The number of nitrogens with one attached hydrogen (secondary N) is 1. The van der Waals surface area contributed by atoms with E-state index in [2.05, 4.69) is 10.2 Å². The van der Waals surface area contributed by atoms with Crippen molar-refractivity contribution in [1.82, 2.24) is 10.2 Å². The Kier molecular flexibility index (Phi) is 5.22. The van der Waals surface area contributed by atoms with Gasteiger partial charge in [0.15, 0.2) is 5.92 Å². The van der Waals surface area contributed by atoms with E-state index < -0.39 is 12.1 Å². The number of likely N-dealkylation sites (N-methyl/N-ethyl adjacent to an activating group) is 1. The molecule has 0 heterocycles. The maximum Gasteiger partial charge on any atom is 0.405 e. The number of nitriles is 1. The van der Waals surface area contributed by atoms with Gasteiger partial charge in [-0.3, -0.25) is 4.90 Å². The highest BCUT2D eigenvalue weighted by molar-refractivity contribution is 4.90. The Morgan fingerprint density at radius 1 is 1.47 bits per heavy atom. The average molecular weight is 249 g/mol. The van der Waals surface area contributed by atoms with Crippen LogP contribution in [0.25, 0.3) is 0 Å². The first-order chi connectivity index (χ1) is 7.99. The molecule has 0 aliphatic heterocycles. The second-order valence-electron chi connectivity index (χ2n) is 4.29. The molecule has 0 aromatic rings. The Labute approximate surface area is 99.6 Å². The lowest BCUT2D eigenvalue weighted by Crippen LogP contribution is -2.38. The van der Waals surface area contributed by atoms with Crippen molar-refractivity contribution < 1.29 is 13.2 Å². The van der Waals surface area contributed by atoms with Crippen LogP contribution in [0.5, 0.6) is 0 Å². The molecule has 98 valence electrons. The third kappa shape index (κ3) is 4.92. The molecule has 1 aliphatic carbocycles. The maximum absolute atomic E-state index is 12.2. The molecule has 3 nitrogen and oxygen atoms in total. The number of rotatable bonds is 7. The Balaban J connectivity index is 2.16. The van der Waals surface area contributed by atoms with E-state index in [9.17, 15) is 13.2 Å². The van der Waals surface area contributed by atoms with E-state index >= 15 is 0 Å². The summed E-state index contributed by atoms with van der Waals surface area (Å²) < 4.78 is 36.7. The van der Waals surface area contributed by atoms with Crippen LogP contribution in [-0.2, 0) is 0 Å². The summed E-state index contributed by atoms with van der Waals surface area (Å²) in [4.78, 5) is 2.25. The summed E-state index contributed by atoms with van der Waals surface area (Å²) in [5.41, 5.74) is 0. The zero-order valence-electron chi connectivity index (χ0n) is 9.93. The number of alkyl halides is 3. The van der Waals surface area contributed by atoms with E-state index in [1.54, 1.807) is 0 Å². The van der Waals surface area contributed by atoms with Gasteiger partial charge in [-0.05, 0) is 19.4 Å². The van der Waals surface area contributed by atoms with Gasteiger partial charge in [-0.2, -0.15) is 18.4 Å². The molecule has 1 fully saturated rings. The Bertz CT molecular complexity index is 268. The zero-order valence-corrected chi connectivity index (χ0v) is 9.93. The average Bonchev–Trinajstić information content (AvgIpc) is 3.05. The molecule has 1 N–H and O–H groups in total. The van der Waals surface area contributed by atoms with Gasteiger partial charge in [0.1, 0.15) is 0 Å². The van der Waals surface area contributed by atoms with Crippen molar-refractivity contribution >= 4 is 0 Å². The van der Waals surface area contributed by atoms with E-state index in [0.717, 1.165) is 13.1 Å². The van der Waals surface area contributed by atoms with E-state index in [0.29, 0.717) is 12.6 Å². The minimum atomic E-state index is -4.43. The molecule has 0 radical (unpaired) electrons. The van der Waals surface area contributed by atoms with Gasteiger partial charge < -0.3 is 5.32 Å². The normalized spacial score (nSPS) is 18.1. The molecule has 1 aliphatic rings. The summed E-state index contributed by atoms with van der Waals surface area (Å²) in [6.45, 7) is 3.90. The van der Waals surface area contributed by atoms with Gasteiger partial charge >= 0.3 is 6.18 Å². The fraction of sp³-hybridized carbons (Fsp3) is 0.909. The summed E-state index contributed by atoms with van der Waals surface area (Å²) in [5.74, 6) is -1.90. The van der Waals surface area contributed by atoms with Crippen molar-refractivity contribution in [2.75, 3.05) is 26.2 Å². The van der Waals surface area contributed by atoms with Crippen LogP contribution in [-0.4, -0.2) is 43.3 Å². The Hall–Kier alpha value is -0.800. The van der Waals surface area contributed by atoms with Gasteiger partial charge in [0.25, 0.3) is 0 Å². The van der Waals surface area contributed by atoms with Gasteiger partial charge in [0.05, 0.1) is 6.07 Å². The first kappa shape index (κ1) is 14.3. The van der Waals surface area contributed by atoms with Crippen LogP contribution in [0.15, 0.2) is 0 Å². The van der Waals surface area contributed by atoms with Crippen molar-refractivity contribution in [3.8, 4) is 6.07 Å². The molecule has 0 amide bonds. The molecule has 0 aromatic carbocycles. The quantitative estimate of drug-likeness (QED) is 0.699. The summed E-state index contributed by atoms with van der Waals surface area (Å²) in [6, 6.07) is 1.90. The maximum atomic E-state index is 12.2. The fourth-order valence-corrected chi connectivity index (χ4v) is 1.74. The Morgan fingerprint density at radius 2 is 2.12 bits per heavy atom. The predicted molar refractivity (Wildman–Crippen MR) is 58.3 cm³/mol. The van der Waals surface area contributed by atoms with Gasteiger partial charge in [-0.1, -0.05) is 6.92 Å². The summed E-state index contributed by atoms with van der Waals surface area (Å²) in [6.07, 6.45) is -2.04. The van der Waals surface area contributed by atoms with Gasteiger partial charge in [0.2, 0.25) is 0 Å². The largest absolute Gasteiger partial charge is 0.405 e. The SMILES string of the molecule is CCN(CCNCC(C#N)C(F)(F)F)C1CC1. The van der Waals surface area contributed by atoms with Crippen LogP contribution in [0.4, 0.5) is 13.2 Å². The number of hydrogen-bond donors (Lipinski definition) is 1. The minimum Gasteiger partial charge on any atom is -0.314 e. The summed E-state index contributed by atoms with van der Waals surface area (Å²) in [5, 5.41) is 11.1. The van der Waals surface area contributed by atoms with Crippen molar-refractivity contribution in [2.24, 2.45) is 5.92 Å². The predicted octanol–water partition coefficient (Wildman–Crippen LogP) is 1.76. The number of halogens is 3. The molecular formula is C11H18F3N3. The molecule has 6 heteroatoms. The third-order valence-electron chi connectivity index (χ3n) is 2.94. The molecule has 17 heavy (non-hydrogen) atoms. The van der Waals surface area contributed by atoms with Crippen LogP contribution < -0.4 is 5.32 Å². The van der Waals surface area contributed by atoms with E-state index in [-0.39, 0.29) is 6.54 Å². The van der Waals surface area contributed by atoms with Crippen LogP contribution in [0.2, 0.25) is 0 Å². The smallest absolute Gasteiger partial charge is 0.314 e. The molecule has 0 bridgehead atoms. The second-order valence-corrected chi connectivity index (χ2v) is 4.29. The minimum absolute atomic E-state index is 0.317. The molecule has 0 aromatic heterocycles. The van der Waals surface area contributed by atoms with Crippen molar-refractivity contribution in [3.63, 3.8) is 0 Å². The molecule has 1 unspecified atom stereocenters. The highest BCUT2D eigenvalue weighted by Crippen LogP contribution is 2.26. The first-order valence-corrected chi connectivity index (χ1v) is 5.90. The lowest BCUT2D eigenvalue weighted by Gasteiger charge is -2.20. The van der Waals surface area contributed by atoms with Crippen molar-refractivity contribution in [3.05, 3.63) is 0 Å². The monoisotopic (exact) mass is 249 g/mol.